The van der Waals surface area contributed by atoms with Crippen molar-refractivity contribution in [3.05, 3.63) is 12.7 Å². The third kappa shape index (κ3) is 5.38. The molecule has 0 radical (unpaired) electrons. The fourth-order valence-electron chi connectivity index (χ4n) is 0.926. The van der Waals surface area contributed by atoms with Crippen LogP contribution in [-0.4, -0.2) is 30.0 Å². The molecule has 0 aliphatic rings. The standard InChI is InChI=1S/C9H19N3O/c1-4-7-12(11-8(2)3)9(13)5-6-10/h4,8,11H,1,5-7,10H2,2-3H3. The van der Waals surface area contributed by atoms with Crippen LogP contribution in [-0.2, 0) is 4.79 Å². The zero-order chi connectivity index (χ0) is 10.3. The summed E-state index contributed by atoms with van der Waals surface area (Å²) in [5.74, 6) is 0.0103. The molecule has 0 fully saturated rings. The van der Waals surface area contributed by atoms with E-state index in [0.717, 1.165) is 0 Å². The second kappa shape index (κ2) is 6.62. The van der Waals surface area contributed by atoms with E-state index in [1.165, 1.54) is 0 Å². The molecule has 0 saturated heterocycles. The molecule has 0 aromatic heterocycles. The van der Waals surface area contributed by atoms with Gasteiger partial charge in [0.2, 0.25) is 5.91 Å². The fraction of sp³-hybridized carbons (Fsp3) is 0.667. The van der Waals surface area contributed by atoms with Crippen LogP contribution in [0.25, 0.3) is 0 Å². The molecule has 0 heterocycles. The molecular weight excluding hydrogens is 166 g/mol. The Morgan fingerprint density at radius 1 is 1.69 bits per heavy atom. The van der Waals surface area contributed by atoms with Crippen LogP contribution in [0.1, 0.15) is 20.3 Å². The first-order chi connectivity index (χ1) is 6.11. The number of hydrazine groups is 1. The summed E-state index contributed by atoms with van der Waals surface area (Å²) in [6.07, 6.45) is 2.05. The van der Waals surface area contributed by atoms with E-state index in [2.05, 4.69) is 12.0 Å². The summed E-state index contributed by atoms with van der Waals surface area (Å²) in [6.45, 7) is 8.43. The van der Waals surface area contributed by atoms with Crippen molar-refractivity contribution in [2.75, 3.05) is 13.1 Å². The molecular formula is C9H19N3O. The SMILES string of the molecule is C=CCN(NC(C)C)C(=O)CCN. The molecule has 0 aromatic rings. The van der Waals surface area contributed by atoms with Crippen molar-refractivity contribution in [1.29, 1.82) is 0 Å². The van der Waals surface area contributed by atoms with E-state index in [-0.39, 0.29) is 11.9 Å². The molecule has 76 valence electrons. The summed E-state index contributed by atoms with van der Waals surface area (Å²) in [7, 11) is 0. The molecule has 0 unspecified atom stereocenters. The van der Waals surface area contributed by atoms with Gasteiger partial charge in [-0.1, -0.05) is 6.08 Å². The first kappa shape index (κ1) is 12.1. The lowest BCUT2D eigenvalue weighted by Gasteiger charge is -2.24. The van der Waals surface area contributed by atoms with Gasteiger partial charge in [-0.15, -0.1) is 6.58 Å². The Morgan fingerprint density at radius 2 is 2.31 bits per heavy atom. The van der Waals surface area contributed by atoms with Crippen LogP contribution in [0, 0.1) is 0 Å². The van der Waals surface area contributed by atoms with Crippen molar-refractivity contribution in [1.82, 2.24) is 10.4 Å². The Kier molecular flexibility index (Phi) is 6.18. The van der Waals surface area contributed by atoms with E-state index in [0.29, 0.717) is 19.5 Å². The van der Waals surface area contributed by atoms with Gasteiger partial charge in [-0.3, -0.25) is 9.80 Å². The Balaban J connectivity index is 4.05. The summed E-state index contributed by atoms with van der Waals surface area (Å²) in [4.78, 5) is 11.4. The number of carbonyl (C=O) groups is 1. The topological polar surface area (TPSA) is 58.4 Å². The van der Waals surface area contributed by atoms with Gasteiger partial charge in [0.15, 0.2) is 0 Å². The number of nitrogens with zero attached hydrogens (tertiary/aromatic N) is 1. The van der Waals surface area contributed by atoms with Gasteiger partial charge < -0.3 is 5.73 Å². The molecule has 0 atom stereocenters. The molecule has 3 N–H and O–H groups in total. The van der Waals surface area contributed by atoms with Gasteiger partial charge in [-0.05, 0) is 13.8 Å². The van der Waals surface area contributed by atoms with Gasteiger partial charge in [-0.25, -0.2) is 5.43 Å². The van der Waals surface area contributed by atoms with E-state index in [1.54, 1.807) is 11.1 Å². The molecule has 0 spiro atoms. The maximum atomic E-state index is 11.4. The highest BCUT2D eigenvalue weighted by molar-refractivity contribution is 5.76. The number of rotatable bonds is 6. The van der Waals surface area contributed by atoms with E-state index in [1.807, 2.05) is 13.8 Å². The zero-order valence-electron chi connectivity index (χ0n) is 8.42. The number of hydrogen-bond donors (Lipinski definition) is 2. The van der Waals surface area contributed by atoms with E-state index < -0.39 is 0 Å². The number of nitrogens with two attached hydrogens (primary N) is 1. The van der Waals surface area contributed by atoms with Gasteiger partial charge in [-0.2, -0.15) is 0 Å². The summed E-state index contributed by atoms with van der Waals surface area (Å²) in [5, 5.41) is 1.55. The number of hydrogen-bond acceptors (Lipinski definition) is 3. The van der Waals surface area contributed by atoms with Gasteiger partial charge in [0.25, 0.3) is 0 Å². The van der Waals surface area contributed by atoms with Crippen molar-refractivity contribution in [2.45, 2.75) is 26.3 Å². The lowest BCUT2D eigenvalue weighted by atomic mass is 10.3. The smallest absolute Gasteiger partial charge is 0.238 e. The maximum Gasteiger partial charge on any atom is 0.238 e. The van der Waals surface area contributed by atoms with Crippen molar-refractivity contribution in [3.8, 4) is 0 Å². The third-order valence-corrected chi connectivity index (χ3v) is 1.38. The second-order valence-corrected chi connectivity index (χ2v) is 3.12. The monoisotopic (exact) mass is 185 g/mol. The van der Waals surface area contributed by atoms with Gasteiger partial charge in [0.05, 0.1) is 6.54 Å². The Morgan fingerprint density at radius 3 is 2.69 bits per heavy atom. The Bertz CT molecular complexity index is 168. The van der Waals surface area contributed by atoms with Crippen LogP contribution in [0.2, 0.25) is 0 Å². The Hall–Kier alpha value is -0.870. The van der Waals surface area contributed by atoms with Gasteiger partial charge in [0.1, 0.15) is 0 Å². The molecule has 0 aliphatic carbocycles. The third-order valence-electron chi connectivity index (χ3n) is 1.38. The quantitative estimate of drug-likeness (QED) is 0.461. The summed E-state index contributed by atoms with van der Waals surface area (Å²) >= 11 is 0. The van der Waals surface area contributed by atoms with Crippen molar-refractivity contribution in [3.63, 3.8) is 0 Å². The van der Waals surface area contributed by atoms with Crippen LogP contribution in [0.3, 0.4) is 0 Å². The highest BCUT2D eigenvalue weighted by Gasteiger charge is 2.11. The summed E-state index contributed by atoms with van der Waals surface area (Å²) < 4.78 is 0. The highest BCUT2D eigenvalue weighted by Crippen LogP contribution is 1.92. The normalized spacial score (nSPS) is 10.2. The van der Waals surface area contributed by atoms with E-state index in [4.69, 9.17) is 5.73 Å². The lowest BCUT2D eigenvalue weighted by Crippen LogP contribution is -2.46. The van der Waals surface area contributed by atoms with Crippen molar-refractivity contribution >= 4 is 5.91 Å². The van der Waals surface area contributed by atoms with Crippen molar-refractivity contribution in [2.24, 2.45) is 5.73 Å². The van der Waals surface area contributed by atoms with Crippen LogP contribution in [0.5, 0.6) is 0 Å². The van der Waals surface area contributed by atoms with Crippen molar-refractivity contribution < 1.29 is 4.79 Å². The Labute approximate surface area is 79.8 Å². The molecule has 4 heteroatoms. The first-order valence-electron chi connectivity index (χ1n) is 4.49. The van der Waals surface area contributed by atoms with Crippen LogP contribution < -0.4 is 11.2 Å². The molecule has 4 nitrogen and oxygen atoms in total. The molecule has 0 saturated carbocycles. The minimum atomic E-state index is 0.0103. The molecule has 0 aliphatic heterocycles. The van der Waals surface area contributed by atoms with Crippen LogP contribution >= 0.6 is 0 Å². The molecule has 0 aromatic carbocycles. The summed E-state index contributed by atoms with van der Waals surface area (Å²) in [6, 6.07) is 0.238. The molecule has 1 amide bonds. The van der Waals surface area contributed by atoms with Crippen LogP contribution in [0.15, 0.2) is 12.7 Å². The number of nitrogens with one attached hydrogen (secondary N) is 1. The maximum absolute atomic E-state index is 11.4. The summed E-state index contributed by atoms with van der Waals surface area (Å²) in [5.41, 5.74) is 8.32. The fourth-order valence-corrected chi connectivity index (χ4v) is 0.926. The number of carbonyl (C=O) groups excluding carboxylic acids is 1. The number of amides is 1. The van der Waals surface area contributed by atoms with E-state index >= 15 is 0 Å². The minimum absolute atomic E-state index is 0.0103. The lowest BCUT2D eigenvalue weighted by molar-refractivity contribution is -0.134. The average molecular weight is 185 g/mol. The highest BCUT2D eigenvalue weighted by atomic mass is 16.2. The van der Waals surface area contributed by atoms with Crippen LogP contribution in [0.4, 0.5) is 0 Å². The predicted octanol–water partition coefficient (Wildman–Crippen LogP) is 0.263. The molecule has 0 rings (SSSR count). The largest absolute Gasteiger partial charge is 0.330 e. The predicted molar refractivity (Wildman–Crippen MR) is 53.9 cm³/mol. The molecule has 13 heavy (non-hydrogen) atoms. The first-order valence-corrected chi connectivity index (χ1v) is 4.49. The minimum Gasteiger partial charge on any atom is -0.330 e. The molecule has 0 bridgehead atoms. The average Bonchev–Trinajstić information content (AvgIpc) is 2.03. The van der Waals surface area contributed by atoms with Gasteiger partial charge >= 0.3 is 0 Å². The second-order valence-electron chi connectivity index (χ2n) is 3.12. The van der Waals surface area contributed by atoms with E-state index in [9.17, 15) is 4.79 Å². The zero-order valence-corrected chi connectivity index (χ0v) is 8.42. The van der Waals surface area contributed by atoms with Gasteiger partial charge in [0, 0.05) is 19.0 Å².